The largest absolute Gasteiger partial charge is 0.490 e. The molecule has 2 aliphatic heterocycles. The van der Waals surface area contributed by atoms with Crippen molar-refractivity contribution in [1.29, 1.82) is 0 Å². The van der Waals surface area contributed by atoms with E-state index in [1.807, 2.05) is 0 Å². The Bertz CT molecular complexity index is 456. The molecule has 0 radical (unpaired) electrons. The van der Waals surface area contributed by atoms with Gasteiger partial charge in [0.1, 0.15) is 5.75 Å². The summed E-state index contributed by atoms with van der Waals surface area (Å²) in [4.78, 5) is 0. The molecule has 3 heteroatoms. The molecule has 4 rings (SSSR count). The average molecular weight is 245 g/mol. The molecule has 0 aromatic heterocycles. The first-order valence-electron chi connectivity index (χ1n) is 7.04. The quantitative estimate of drug-likeness (QED) is 0.868. The average Bonchev–Trinajstić information content (AvgIpc) is 3.22. The number of rotatable bonds is 2. The van der Waals surface area contributed by atoms with Crippen LogP contribution in [0.1, 0.15) is 42.9 Å². The highest BCUT2D eigenvalue weighted by molar-refractivity contribution is 5.39. The van der Waals surface area contributed by atoms with Crippen molar-refractivity contribution in [2.45, 2.75) is 50.5 Å². The highest BCUT2D eigenvalue weighted by Crippen LogP contribution is 2.36. The Morgan fingerprint density at radius 2 is 2.17 bits per heavy atom. The van der Waals surface area contributed by atoms with E-state index in [4.69, 9.17) is 9.47 Å². The molecule has 1 saturated heterocycles. The topological polar surface area (TPSA) is 30.5 Å². The molecular formula is C15H19NO2. The third-order valence-corrected chi connectivity index (χ3v) is 4.13. The molecule has 1 saturated carbocycles. The van der Waals surface area contributed by atoms with Gasteiger partial charge in [-0.3, -0.25) is 0 Å². The summed E-state index contributed by atoms with van der Waals surface area (Å²) in [6, 6.07) is 6.90. The molecule has 96 valence electrons. The van der Waals surface area contributed by atoms with Crippen molar-refractivity contribution in [3.8, 4) is 5.75 Å². The van der Waals surface area contributed by atoms with Gasteiger partial charge in [0.15, 0.2) is 0 Å². The number of hydrogen-bond donors (Lipinski definition) is 1. The summed E-state index contributed by atoms with van der Waals surface area (Å²) in [5, 5.41) is 3.58. The molecule has 1 N–H and O–H groups in total. The lowest BCUT2D eigenvalue weighted by atomic mass is 9.89. The lowest BCUT2D eigenvalue weighted by Crippen LogP contribution is -2.42. The molecule has 2 heterocycles. The maximum Gasteiger partial charge on any atom is 0.120 e. The first-order valence-corrected chi connectivity index (χ1v) is 7.04. The predicted octanol–water partition coefficient (Wildman–Crippen LogP) is 2.55. The van der Waals surface area contributed by atoms with Gasteiger partial charge in [0.05, 0.1) is 24.9 Å². The van der Waals surface area contributed by atoms with Crippen LogP contribution in [0.25, 0.3) is 0 Å². The van der Waals surface area contributed by atoms with Gasteiger partial charge in [-0.2, -0.15) is 0 Å². The molecule has 3 aliphatic rings. The first kappa shape index (κ1) is 10.8. The van der Waals surface area contributed by atoms with Crippen LogP contribution in [0, 0.1) is 0 Å². The van der Waals surface area contributed by atoms with Crippen molar-refractivity contribution in [2.75, 3.05) is 6.54 Å². The van der Waals surface area contributed by atoms with Crippen molar-refractivity contribution in [3.63, 3.8) is 0 Å². The number of ether oxygens (including phenoxy) is 2. The predicted molar refractivity (Wildman–Crippen MR) is 68.6 cm³/mol. The Hall–Kier alpha value is -1.06. The minimum absolute atomic E-state index is 0.362. The summed E-state index contributed by atoms with van der Waals surface area (Å²) in [6.45, 7) is 1.84. The van der Waals surface area contributed by atoms with Crippen LogP contribution in [0.5, 0.6) is 5.75 Å². The zero-order valence-corrected chi connectivity index (χ0v) is 10.5. The van der Waals surface area contributed by atoms with Crippen LogP contribution < -0.4 is 10.1 Å². The molecule has 3 nitrogen and oxygen atoms in total. The van der Waals surface area contributed by atoms with E-state index in [9.17, 15) is 0 Å². The van der Waals surface area contributed by atoms with Crippen LogP contribution in [-0.2, 0) is 11.3 Å². The van der Waals surface area contributed by atoms with Crippen LogP contribution in [0.4, 0.5) is 0 Å². The van der Waals surface area contributed by atoms with Crippen molar-refractivity contribution < 1.29 is 9.47 Å². The monoisotopic (exact) mass is 245 g/mol. The van der Waals surface area contributed by atoms with Crippen molar-refractivity contribution >= 4 is 0 Å². The third kappa shape index (κ3) is 1.91. The molecule has 2 fully saturated rings. The second-order valence-corrected chi connectivity index (χ2v) is 5.60. The van der Waals surface area contributed by atoms with E-state index in [2.05, 4.69) is 23.5 Å². The van der Waals surface area contributed by atoms with Gasteiger partial charge in [0.2, 0.25) is 0 Å². The number of hydrogen-bond acceptors (Lipinski definition) is 3. The van der Waals surface area contributed by atoms with Gasteiger partial charge in [-0.25, -0.2) is 0 Å². The van der Waals surface area contributed by atoms with E-state index in [0.29, 0.717) is 18.2 Å². The van der Waals surface area contributed by atoms with E-state index in [0.717, 1.165) is 18.9 Å². The van der Waals surface area contributed by atoms with Crippen LogP contribution in [0.15, 0.2) is 18.2 Å². The lowest BCUT2D eigenvalue weighted by Gasteiger charge is -2.37. The standard InChI is InChI=1S/C15H19NO2/c1-2-14-15(16-7-1)13-6-5-12(18-11-3-4-11)8-10(13)9-17-14/h5-6,8,11,14-16H,1-4,7,9H2/t14-,15-/m0/s1. The summed E-state index contributed by atoms with van der Waals surface area (Å²) in [5.41, 5.74) is 2.71. The smallest absolute Gasteiger partial charge is 0.120 e. The van der Waals surface area contributed by atoms with E-state index in [-0.39, 0.29) is 0 Å². The molecule has 0 amide bonds. The van der Waals surface area contributed by atoms with E-state index < -0.39 is 0 Å². The minimum Gasteiger partial charge on any atom is -0.490 e. The molecule has 18 heavy (non-hydrogen) atoms. The van der Waals surface area contributed by atoms with Gasteiger partial charge in [-0.05, 0) is 55.5 Å². The van der Waals surface area contributed by atoms with Crippen LogP contribution in [0.2, 0.25) is 0 Å². The van der Waals surface area contributed by atoms with Crippen molar-refractivity contribution in [2.24, 2.45) is 0 Å². The van der Waals surface area contributed by atoms with Gasteiger partial charge in [0, 0.05) is 0 Å². The van der Waals surface area contributed by atoms with Gasteiger partial charge in [-0.15, -0.1) is 0 Å². The minimum atomic E-state index is 0.362. The molecule has 1 aromatic carbocycles. The third-order valence-electron chi connectivity index (χ3n) is 4.13. The fourth-order valence-electron chi connectivity index (χ4n) is 3.01. The first-order chi connectivity index (χ1) is 8.90. The number of piperidine rings is 1. The summed E-state index contributed by atoms with van der Waals surface area (Å²) in [7, 11) is 0. The molecule has 2 atom stereocenters. The Balaban J connectivity index is 1.62. The van der Waals surface area contributed by atoms with Crippen LogP contribution in [-0.4, -0.2) is 18.8 Å². The Kier molecular flexibility index (Phi) is 2.55. The lowest BCUT2D eigenvalue weighted by molar-refractivity contribution is -0.0178. The van der Waals surface area contributed by atoms with Crippen molar-refractivity contribution in [3.05, 3.63) is 29.3 Å². The molecule has 0 bridgehead atoms. The molecule has 0 spiro atoms. The zero-order valence-electron chi connectivity index (χ0n) is 10.5. The molecule has 1 aromatic rings. The normalized spacial score (nSPS) is 30.4. The fourth-order valence-corrected chi connectivity index (χ4v) is 3.01. The SMILES string of the molecule is c1cc2c(cc1OC1CC1)CO[C@H]1CCCN[C@@H]21. The van der Waals surface area contributed by atoms with E-state index >= 15 is 0 Å². The number of fused-ring (bicyclic) bond motifs is 3. The number of benzene rings is 1. The van der Waals surface area contributed by atoms with Gasteiger partial charge in [0.25, 0.3) is 0 Å². The maximum absolute atomic E-state index is 5.97. The molecule has 0 unspecified atom stereocenters. The second-order valence-electron chi connectivity index (χ2n) is 5.60. The Morgan fingerprint density at radius 3 is 3.06 bits per heavy atom. The molecular weight excluding hydrogens is 226 g/mol. The van der Waals surface area contributed by atoms with E-state index in [1.54, 1.807) is 0 Å². The maximum atomic E-state index is 5.97. The second kappa shape index (κ2) is 4.25. The van der Waals surface area contributed by atoms with Crippen molar-refractivity contribution in [1.82, 2.24) is 5.32 Å². The highest BCUT2D eigenvalue weighted by Gasteiger charge is 2.32. The van der Waals surface area contributed by atoms with Crippen LogP contribution >= 0.6 is 0 Å². The highest BCUT2D eigenvalue weighted by atomic mass is 16.5. The van der Waals surface area contributed by atoms with Crippen LogP contribution in [0.3, 0.4) is 0 Å². The summed E-state index contributed by atoms with van der Waals surface area (Å²) < 4.78 is 11.8. The van der Waals surface area contributed by atoms with Gasteiger partial charge < -0.3 is 14.8 Å². The summed E-state index contributed by atoms with van der Waals surface area (Å²) >= 11 is 0. The fraction of sp³-hybridized carbons (Fsp3) is 0.600. The van der Waals surface area contributed by atoms with Gasteiger partial charge >= 0.3 is 0 Å². The Labute approximate surface area is 107 Å². The summed E-state index contributed by atoms with van der Waals surface area (Å²) in [6.07, 6.45) is 5.64. The van der Waals surface area contributed by atoms with E-state index in [1.165, 1.54) is 36.8 Å². The molecule has 1 aliphatic carbocycles. The summed E-state index contributed by atoms with van der Waals surface area (Å²) in [5.74, 6) is 1.01. The zero-order chi connectivity index (χ0) is 11.9. The Morgan fingerprint density at radius 1 is 1.22 bits per heavy atom. The van der Waals surface area contributed by atoms with Gasteiger partial charge in [-0.1, -0.05) is 6.07 Å². The number of nitrogens with one attached hydrogen (secondary N) is 1.